The summed E-state index contributed by atoms with van der Waals surface area (Å²) in [5.41, 5.74) is 0.0337. The predicted molar refractivity (Wildman–Crippen MR) is 68.7 cm³/mol. The lowest BCUT2D eigenvalue weighted by Gasteiger charge is -2.03. The molecule has 0 aromatic heterocycles. The molecule has 2 rings (SSSR count). The molecule has 0 unspecified atom stereocenters. The van der Waals surface area contributed by atoms with Gasteiger partial charge < -0.3 is 0 Å². The molecule has 3 nitrogen and oxygen atoms in total. The largest absolute Gasteiger partial charge is 0.284 e. The zero-order valence-corrected chi connectivity index (χ0v) is 10.2. The number of hydrogen-bond donors (Lipinski definition) is 0. The van der Waals surface area contributed by atoms with Crippen molar-refractivity contribution >= 4 is 29.1 Å². The minimum absolute atomic E-state index is 0.0337. The van der Waals surface area contributed by atoms with Crippen LogP contribution in [0.1, 0.15) is 0 Å². The molecule has 0 fully saturated rings. The van der Waals surface area contributed by atoms with Crippen molar-refractivity contribution in [3.63, 3.8) is 0 Å². The highest BCUT2D eigenvalue weighted by Gasteiger charge is 2.15. The van der Waals surface area contributed by atoms with Crippen LogP contribution in [-0.4, -0.2) is 4.92 Å². The molecule has 17 heavy (non-hydrogen) atoms. The van der Waals surface area contributed by atoms with Gasteiger partial charge in [0.25, 0.3) is 5.69 Å². The van der Waals surface area contributed by atoms with Crippen LogP contribution in [0.25, 0.3) is 0 Å². The second-order valence-corrected chi connectivity index (χ2v) is 4.84. The van der Waals surface area contributed by atoms with E-state index in [1.54, 1.807) is 12.1 Å². The molecule has 0 saturated heterocycles. The summed E-state index contributed by atoms with van der Waals surface area (Å²) < 4.78 is 0. The predicted octanol–water partition coefficient (Wildman–Crippen LogP) is 4.40. The molecule has 0 radical (unpaired) electrons. The Hall–Kier alpha value is -1.52. The van der Waals surface area contributed by atoms with E-state index >= 15 is 0 Å². The summed E-state index contributed by atoms with van der Waals surface area (Å²) >= 11 is 7.10. The Morgan fingerprint density at radius 3 is 2.47 bits per heavy atom. The maximum Gasteiger partial charge on any atom is 0.284 e. The second kappa shape index (κ2) is 5.21. The fraction of sp³-hybridized carbons (Fsp3) is 0. The van der Waals surface area contributed by atoms with Crippen LogP contribution in [0.2, 0.25) is 5.02 Å². The Kier molecular flexibility index (Phi) is 3.66. The van der Waals surface area contributed by atoms with Gasteiger partial charge >= 0.3 is 0 Å². The van der Waals surface area contributed by atoms with Gasteiger partial charge in [0.2, 0.25) is 0 Å². The van der Waals surface area contributed by atoms with Crippen LogP contribution in [0.15, 0.2) is 58.3 Å². The maximum absolute atomic E-state index is 10.9. The van der Waals surface area contributed by atoms with E-state index in [-0.39, 0.29) is 5.69 Å². The van der Waals surface area contributed by atoms with E-state index in [9.17, 15) is 10.1 Å². The van der Waals surface area contributed by atoms with Crippen LogP contribution in [0.4, 0.5) is 5.69 Å². The van der Waals surface area contributed by atoms with Gasteiger partial charge in [-0.25, -0.2) is 0 Å². The Morgan fingerprint density at radius 2 is 1.82 bits per heavy atom. The summed E-state index contributed by atoms with van der Waals surface area (Å²) in [6.45, 7) is 0. The number of halogens is 1. The first-order valence-electron chi connectivity index (χ1n) is 4.83. The van der Waals surface area contributed by atoms with E-state index in [0.29, 0.717) is 9.92 Å². The number of nitro benzene ring substituents is 1. The molecule has 0 N–H and O–H groups in total. The summed E-state index contributed by atoms with van der Waals surface area (Å²) in [7, 11) is 0. The summed E-state index contributed by atoms with van der Waals surface area (Å²) in [6, 6.07) is 14.2. The van der Waals surface area contributed by atoms with Crippen LogP contribution < -0.4 is 0 Å². The molecule has 0 spiro atoms. The molecule has 0 atom stereocenters. The van der Waals surface area contributed by atoms with E-state index in [1.165, 1.54) is 17.8 Å². The molecule has 86 valence electrons. The smallest absolute Gasteiger partial charge is 0.258 e. The van der Waals surface area contributed by atoms with E-state index in [1.807, 2.05) is 30.3 Å². The van der Waals surface area contributed by atoms with E-state index in [4.69, 9.17) is 11.6 Å². The van der Waals surface area contributed by atoms with Crippen molar-refractivity contribution in [3.05, 3.63) is 63.7 Å². The van der Waals surface area contributed by atoms with Crippen molar-refractivity contribution in [2.24, 2.45) is 0 Å². The topological polar surface area (TPSA) is 43.1 Å². The van der Waals surface area contributed by atoms with Gasteiger partial charge in [-0.15, -0.1) is 0 Å². The van der Waals surface area contributed by atoms with Crippen molar-refractivity contribution in [2.75, 3.05) is 0 Å². The number of rotatable bonds is 3. The number of nitrogens with zero attached hydrogens (tertiary/aromatic N) is 1. The Balaban J connectivity index is 2.36. The molecular formula is C12H8ClNO2S. The molecule has 0 aliphatic rings. The van der Waals surface area contributed by atoms with Gasteiger partial charge in [-0.05, 0) is 24.3 Å². The summed E-state index contributed by atoms with van der Waals surface area (Å²) in [5, 5.41) is 11.3. The van der Waals surface area contributed by atoms with Crippen molar-refractivity contribution in [1.29, 1.82) is 0 Å². The van der Waals surface area contributed by atoms with Gasteiger partial charge in [0.15, 0.2) is 0 Å². The minimum Gasteiger partial charge on any atom is -0.258 e. The van der Waals surface area contributed by atoms with Crippen molar-refractivity contribution in [1.82, 2.24) is 0 Å². The third-order valence-electron chi connectivity index (χ3n) is 2.09. The molecule has 0 aliphatic carbocycles. The third kappa shape index (κ3) is 2.99. The highest BCUT2D eigenvalue weighted by molar-refractivity contribution is 7.99. The standard InChI is InChI=1S/C12H8ClNO2S/c13-9-6-7-12(11(8-9)14(15)16)17-10-4-2-1-3-5-10/h1-8H. The quantitative estimate of drug-likeness (QED) is 0.610. The average molecular weight is 266 g/mol. The normalized spacial score (nSPS) is 10.2. The number of nitro groups is 1. The van der Waals surface area contributed by atoms with Crippen LogP contribution in [0, 0.1) is 10.1 Å². The zero-order valence-electron chi connectivity index (χ0n) is 8.67. The molecule has 2 aromatic rings. The number of hydrogen-bond acceptors (Lipinski definition) is 3. The fourth-order valence-corrected chi connectivity index (χ4v) is 2.42. The zero-order chi connectivity index (χ0) is 12.3. The van der Waals surface area contributed by atoms with E-state index < -0.39 is 4.92 Å². The highest BCUT2D eigenvalue weighted by Crippen LogP contribution is 2.35. The molecule has 0 heterocycles. The van der Waals surface area contributed by atoms with Gasteiger partial charge in [-0.1, -0.05) is 41.6 Å². The maximum atomic E-state index is 10.9. The van der Waals surface area contributed by atoms with Gasteiger partial charge in [-0.3, -0.25) is 10.1 Å². The van der Waals surface area contributed by atoms with Gasteiger partial charge in [0, 0.05) is 16.0 Å². The summed E-state index contributed by atoms with van der Waals surface area (Å²) in [6.07, 6.45) is 0. The Labute approximate surface area is 108 Å². The van der Waals surface area contributed by atoms with Crippen molar-refractivity contribution in [2.45, 2.75) is 9.79 Å². The van der Waals surface area contributed by atoms with Gasteiger partial charge in [0.1, 0.15) is 0 Å². The molecule has 0 amide bonds. The second-order valence-electron chi connectivity index (χ2n) is 3.28. The lowest BCUT2D eigenvalue weighted by atomic mass is 10.3. The van der Waals surface area contributed by atoms with Crippen LogP contribution >= 0.6 is 23.4 Å². The molecular weight excluding hydrogens is 258 g/mol. The lowest BCUT2D eigenvalue weighted by Crippen LogP contribution is -1.90. The Bertz CT molecular complexity index is 545. The first-order chi connectivity index (χ1) is 8.16. The van der Waals surface area contributed by atoms with Crippen LogP contribution in [0.5, 0.6) is 0 Å². The van der Waals surface area contributed by atoms with E-state index in [2.05, 4.69) is 0 Å². The first-order valence-corrected chi connectivity index (χ1v) is 6.03. The summed E-state index contributed by atoms with van der Waals surface area (Å²) in [5.74, 6) is 0. The summed E-state index contributed by atoms with van der Waals surface area (Å²) in [4.78, 5) is 12.0. The SMILES string of the molecule is O=[N+]([O-])c1cc(Cl)ccc1Sc1ccccc1. The molecule has 0 saturated carbocycles. The van der Waals surface area contributed by atoms with Crippen molar-refractivity contribution < 1.29 is 4.92 Å². The molecule has 0 bridgehead atoms. The molecule has 0 aliphatic heterocycles. The molecule has 2 aromatic carbocycles. The fourth-order valence-electron chi connectivity index (χ4n) is 1.34. The highest BCUT2D eigenvalue weighted by atomic mass is 35.5. The van der Waals surface area contributed by atoms with Gasteiger partial charge in [-0.2, -0.15) is 0 Å². The first kappa shape index (κ1) is 12.0. The van der Waals surface area contributed by atoms with E-state index in [0.717, 1.165) is 4.90 Å². The van der Waals surface area contributed by atoms with Crippen LogP contribution in [-0.2, 0) is 0 Å². The minimum atomic E-state index is -0.419. The third-order valence-corrected chi connectivity index (χ3v) is 3.40. The average Bonchev–Trinajstić information content (AvgIpc) is 2.32. The van der Waals surface area contributed by atoms with Crippen LogP contribution in [0.3, 0.4) is 0 Å². The monoisotopic (exact) mass is 265 g/mol. The van der Waals surface area contributed by atoms with Crippen molar-refractivity contribution in [3.8, 4) is 0 Å². The lowest BCUT2D eigenvalue weighted by molar-refractivity contribution is -0.387. The van der Waals surface area contributed by atoms with Gasteiger partial charge in [0.05, 0.1) is 9.82 Å². The Morgan fingerprint density at radius 1 is 1.12 bits per heavy atom. The number of benzene rings is 2. The molecule has 5 heteroatoms.